The van der Waals surface area contributed by atoms with Gasteiger partial charge in [-0.3, -0.25) is 9.83 Å². The molecule has 35 heavy (non-hydrogen) atoms. The summed E-state index contributed by atoms with van der Waals surface area (Å²) in [7, 11) is 0. The maximum Gasteiger partial charge on any atom is 0.250 e. The Balaban J connectivity index is 1.48. The summed E-state index contributed by atoms with van der Waals surface area (Å²) in [6, 6.07) is 11.6. The Bertz CT molecular complexity index is 1360. The van der Waals surface area contributed by atoms with Crippen LogP contribution in [0, 0.1) is 5.82 Å². The summed E-state index contributed by atoms with van der Waals surface area (Å²) >= 11 is 12.3. The van der Waals surface area contributed by atoms with Crippen LogP contribution in [0.2, 0.25) is 10.0 Å². The highest BCUT2D eigenvalue weighted by Gasteiger charge is 2.29. The van der Waals surface area contributed by atoms with Gasteiger partial charge in [-0.2, -0.15) is 0 Å². The number of ether oxygens (including phenoxy) is 1. The minimum Gasteiger partial charge on any atom is -0.434 e. The lowest BCUT2D eigenvalue weighted by Gasteiger charge is -2.23. The quantitative estimate of drug-likeness (QED) is 0.430. The summed E-state index contributed by atoms with van der Waals surface area (Å²) < 4.78 is 20.9. The summed E-state index contributed by atoms with van der Waals surface area (Å²) in [6.07, 6.45) is 3.53. The van der Waals surface area contributed by atoms with E-state index in [1.54, 1.807) is 36.3 Å². The number of nitrogens with zero attached hydrogens (tertiary/aromatic N) is 3. The minimum atomic E-state index is -0.426. The molecule has 5 rings (SSSR count). The second kappa shape index (κ2) is 10.1. The predicted octanol–water partition coefficient (Wildman–Crippen LogP) is 5.33. The molecule has 1 atom stereocenters. The van der Waals surface area contributed by atoms with Crippen molar-refractivity contribution in [3.05, 3.63) is 80.7 Å². The van der Waals surface area contributed by atoms with Gasteiger partial charge in [-0.05, 0) is 60.6 Å². The number of aromatic nitrogens is 2. The van der Waals surface area contributed by atoms with E-state index in [1.165, 1.54) is 6.07 Å². The Morgan fingerprint density at radius 2 is 2.06 bits per heavy atom. The lowest BCUT2D eigenvalue weighted by molar-refractivity contribution is 0.0623. The van der Waals surface area contributed by atoms with E-state index in [2.05, 4.69) is 15.7 Å². The fraction of sp³-hybridized carbons (Fsp3) is 0.240. The molecule has 0 spiro atoms. The van der Waals surface area contributed by atoms with E-state index in [0.29, 0.717) is 33.4 Å². The first kappa shape index (κ1) is 23.5. The first-order valence-electron chi connectivity index (χ1n) is 11.0. The Kier molecular flexibility index (Phi) is 6.79. The van der Waals surface area contributed by atoms with Crippen molar-refractivity contribution in [2.75, 3.05) is 6.61 Å². The molecule has 2 heterocycles. The van der Waals surface area contributed by atoms with Crippen LogP contribution in [0.3, 0.4) is 0 Å². The first-order valence-corrected chi connectivity index (χ1v) is 11.7. The number of halogens is 3. The van der Waals surface area contributed by atoms with Crippen LogP contribution >= 0.6 is 23.2 Å². The summed E-state index contributed by atoms with van der Waals surface area (Å²) in [6.45, 7) is 0.288. The van der Waals surface area contributed by atoms with Crippen molar-refractivity contribution in [2.45, 2.75) is 31.2 Å². The fourth-order valence-electron chi connectivity index (χ4n) is 3.81. The Morgan fingerprint density at radius 3 is 2.83 bits per heavy atom. The number of nitrogens with one attached hydrogen (secondary N) is 1. The monoisotopic (exact) mass is 512 g/mol. The number of amidine groups is 1. The topological polar surface area (TPSA) is 85.7 Å². The van der Waals surface area contributed by atoms with Crippen molar-refractivity contribution < 1.29 is 18.8 Å². The van der Waals surface area contributed by atoms with E-state index >= 15 is 4.39 Å². The zero-order chi connectivity index (χ0) is 24.4. The molecule has 2 aromatic carbocycles. The third kappa shape index (κ3) is 5.36. The van der Waals surface area contributed by atoms with Crippen molar-refractivity contribution in [1.29, 1.82) is 0 Å². The zero-order valence-electron chi connectivity index (χ0n) is 18.3. The maximum absolute atomic E-state index is 15.1. The average molecular weight is 513 g/mol. The van der Waals surface area contributed by atoms with Crippen LogP contribution in [0.5, 0.6) is 11.6 Å². The van der Waals surface area contributed by atoms with Gasteiger partial charge in [-0.25, -0.2) is 14.7 Å². The summed E-state index contributed by atoms with van der Waals surface area (Å²) in [4.78, 5) is 21.2. The van der Waals surface area contributed by atoms with Gasteiger partial charge in [0, 0.05) is 16.1 Å². The third-order valence-electron chi connectivity index (χ3n) is 5.68. The van der Waals surface area contributed by atoms with E-state index in [9.17, 15) is 4.79 Å². The SMILES string of the molecule is O=C=Cc1cc(C2=NC(Cc3ccc(Cl)cc3Cl)CON2)c(Oc2cccc(C3CC3)c2F)nn1. The smallest absolute Gasteiger partial charge is 0.250 e. The molecular formula is C25H19Cl2FN4O3. The molecule has 0 bridgehead atoms. The van der Waals surface area contributed by atoms with Gasteiger partial charge in [-0.1, -0.05) is 41.4 Å². The molecule has 1 fully saturated rings. The summed E-state index contributed by atoms with van der Waals surface area (Å²) in [5.74, 6) is 1.81. The Labute approximate surface area is 210 Å². The van der Waals surface area contributed by atoms with E-state index in [0.717, 1.165) is 24.5 Å². The molecule has 1 saturated carbocycles. The second-order valence-electron chi connectivity index (χ2n) is 8.27. The number of hydroxylamine groups is 1. The third-order valence-corrected chi connectivity index (χ3v) is 6.27. The molecule has 1 unspecified atom stereocenters. The van der Waals surface area contributed by atoms with Crippen molar-refractivity contribution in [3.8, 4) is 11.6 Å². The molecular weight excluding hydrogens is 494 g/mol. The zero-order valence-corrected chi connectivity index (χ0v) is 19.8. The van der Waals surface area contributed by atoms with E-state index < -0.39 is 5.82 Å². The highest BCUT2D eigenvalue weighted by molar-refractivity contribution is 6.35. The molecule has 1 aromatic heterocycles. The standard InChI is InChI=1S/C25H19Cl2FN4O3/c26-16-7-6-15(21(27)11-16)10-18-13-34-32-24(29-18)20-12-17(8-9-33)30-31-25(20)35-22-3-1-2-19(23(22)28)14-4-5-14/h1-3,6-8,11-12,14,18H,4-5,10,13H2,(H,29,32). The molecule has 0 saturated heterocycles. The average Bonchev–Trinajstić information content (AvgIpc) is 3.69. The van der Waals surface area contributed by atoms with Gasteiger partial charge in [0.15, 0.2) is 17.4 Å². The van der Waals surface area contributed by atoms with Crippen molar-refractivity contribution in [1.82, 2.24) is 15.7 Å². The van der Waals surface area contributed by atoms with Crippen LogP contribution in [0.4, 0.5) is 4.39 Å². The first-order chi connectivity index (χ1) is 17.0. The van der Waals surface area contributed by atoms with Crippen LogP contribution in [0.15, 0.2) is 47.5 Å². The highest BCUT2D eigenvalue weighted by atomic mass is 35.5. The van der Waals surface area contributed by atoms with Crippen LogP contribution in [-0.4, -0.2) is 34.6 Å². The van der Waals surface area contributed by atoms with Gasteiger partial charge in [0.1, 0.15) is 5.94 Å². The van der Waals surface area contributed by atoms with Gasteiger partial charge in [-0.15, -0.1) is 10.2 Å². The van der Waals surface area contributed by atoms with Crippen LogP contribution in [0.1, 0.15) is 41.1 Å². The fourth-order valence-corrected chi connectivity index (χ4v) is 4.30. The van der Waals surface area contributed by atoms with Gasteiger partial charge in [0.05, 0.1) is 23.9 Å². The predicted molar refractivity (Wildman–Crippen MR) is 130 cm³/mol. The molecule has 178 valence electrons. The molecule has 0 amide bonds. The Hall–Kier alpha value is -3.29. The van der Waals surface area contributed by atoms with E-state index in [1.807, 2.05) is 6.07 Å². The maximum atomic E-state index is 15.1. The van der Waals surface area contributed by atoms with Crippen molar-refractivity contribution >= 4 is 41.1 Å². The molecule has 3 aromatic rings. The normalized spacial score (nSPS) is 17.2. The number of carbonyl (C=O) groups excluding carboxylic acids is 1. The minimum absolute atomic E-state index is 0.0138. The number of hydrogen-bond donors (Lipinski definition) is 1. The molecule has 0 radical (unpaired) electrons. The van der Waals surface area contributed by atoms with Gasteiger partial charge in [0.25, 0.3) is 0 Å². The van der Waals surface area contributed by atoms with Gasteiger partial charge < -0.3 is 4.74 Å². The highest BCUT2D eigenvalue weighted by Crippen LogP contribution is 2.43. The molecule has 2 aliphatic rings. The number of aliphatic imine (C=N–C) groups is 1. The second-order valence-corrected chi connectivity index (χ2v) is 9.11. The largest absolute Gasteiger partial charge is 0.434 e. The lowest BCUT2D eigenvalue weighted by Crippen LogP contribution is -2.37. The van der Waals surface area contributed by atoms with E-state index in [-0.39, 0.29) is 35.9 Å². The van der Waals surface area contributed by atoms with Gasteiger partial charge in [0.2, 0.25) is 5.88 Å². The molecule has 1 aliphatic heterocycles. The summed E-state index contributed by atoms with van der Waals surface area (Å²) in [5.41, 5.74) is 4.84. The number of hydrogen-bond acceptors (Lipinski definition) is 7. The number of benzene rings is 2. The summed E-state index contributed by atoms with van der Waals surface area (Å²) in [5, 5.41) is 9.11. The molecule has 1 N–H and O–H groups in total. The van der Waals surface area contributed by atoms with Gasteiger partial charge >= 0.3 is 0 Å². The molecule has 10 heteroatoms. The van der Waals surface area contributed by atoms with Crippen LogP contribution in [0.25, 0.3) is 6.08 Å². The van der Waals surface area contributed by atoms with Crippen LogP contribution in [-0.2, 0) is 16.1 Å². The van der Waals surface area contributed by atoms with Crippen molar-refractivity contribution in [2.24, 2.45) is 4.99 Å². The van der Waals surface area contributed by atoms with Crippen molar-refractivity contribution in [3.63, 3.8) is 0 Å². The Morgan fingerprint density at radius 1 is 1.20 bits per heavy atom. The van der Waals surface area contributed by atoms with Crippen LogP contribution < -0.4 is 10.2 Å². The molecule has 7 nitrogen and oxygen atoms in total. The number of rotatable bonds is 7. The molecule has 1 aliphatic carbocycles. The lowest BCUT2D eigenvalue weighted by atomic mass is 10.1. The van der Waals surface area contributed by atoms with E-state index in [4.69, 9.17) is 37.8 Å².